The summed E-state index contributed by atoms with van der Waals surface area (Å²) < 4.78 is 5.36. The Labute approximate surface area is 125 Å². The van der Waals surface area contributed by atoms with E-state index in [1.54, 1.807) is 36.5 Å². The van der Waals surface area contributed by atoms with Gasteiger partial charge < -0.3 is 9.52 Å². The molecule has 3 rings (SSSR count). The van der Waals surface area contributed by atoms with Gasteiger partial charge in [-0.1, -0.05) is 30.9 Å². The Kier molecular flexibility index (Phi) is 3.49. The van der Waals surface area contributed by atoms with Gasteiger partial charge in [0.05, 0.1) is 5.39 Å². The summed E-state index contributed by atoms with van der Waals surface area (Å²) in [5.41, 5.74) is 0.351. The maximum Gasteiger partial charge on any atom is 0.343 e. The lowest BCUT2D eigenvalue weighted by molar-refractivity contribution is 0.166. The van der Waals surface area contributed by atoms with E-state index in [0.717, 1.165) is 20.7 Å². The minimum atomic E-state index is -0.855. The summed E-state index contributed by atoms with van der Waals surface area (Å²) >= 11 is 1.55. The standard InChI is InChI=1S/C17H14O3S/c1-3-11-8-9-14(21-11)15-12-6-4-5-7-13(12)17(19)20-16(15)10(2)18/h3-10,18H,1H2,2H3. The van der Waals surface area contributed by atoms with Gasteiger partial charge in [0.1, 0.15) is 11.9 Å². The van der Waals surface area contributed by atoms with Gasteiger partial charge in [0.25, 0.3) is 0 Å². The lowest BCUT2D eigenvalue weighted by atomic mass is 10.0. The summed E-state index contributed by atoms with van der Waals surface area (Å²) in [6.07, 6.45) is 0.920. The Morgan fingerprint density at radius 1 is 1.24 bits per heavy atom. The second kappa shape index (κ2) is 5.31. The van der Waals surface area contributed by atoms with Crippen LogP contribution >= 0.6 is 11.3 Å². The van der Waals surface area contributed by atoms with E-state index >= 15 is 0 Å². The van der Waals surface area contributed by atoms with Gasteiger partial charge in [-0.2, -0.15) is 0 Å². The third kappa shape index (κ3) is 2.33. The van der Waals surface area contributed by atoms with Crippen molar-refractivity contribution in [1.82, 2.24) is 0 Å². The summed E-state index contributed by atoms with van der Waals surface area (Å²) in [4.78, 5) is 14.0. The Balaban J connectivity index is 2.42. The van der Waals surface area contributed by atoms with Crippen LogP contribution in [0.3, 0.4) is 0 Å². The number of rotatable bonds is 3. The zero-order chi connectivity index (χ0) is 15.0. The lowest BCUT2D eigenvalue weighted by Crippen LogP contribution is -2.06. The van der Waals surface area contributed by atoms with Crippen LogP contribution in [0, 0.1) is 0 Å². The molecule has 0 radical (unpaired) electrons. The molecular formula is C17H14O3S. The highest BCUT2D eigenvalue weighted by atomic mass is 32.1. The summed E-state index contributed by atoms with van der Waals surface area (Å²) in [6, 6.07) is 11.2. The molecule has 0 spiro atoms. The third-order valence-corrected chi connectivity index (χ3v) is 4.42. The molecule has 21 heavy (non-hydrogen) atoms. The Morgan fingerprint density at radius 3 is 2.57 bits per heavy atom. The van der Waals surface area contributed by atoms with E-state index in [2.05, 4.69) is 6.58 Å². The number of aliphatic hydroxyl groups excluding tert-OH is 1. The molecule has 1 atom stereocenters. The van der Waals surface area contributed by atoms with E-state index in [1.165, 1.54) is 0 Å². The number of hydrogen-bond donors (Lipinski definition) is 1. The first-order valence-electron chi connectivity index (χ1n) is 6.58. The van der Waals surface area contributed by atoms with Crippen LogP contribution in [0.15, 0.2) is 52.2 Å². The van der Waals surface area contributed by atoms with E-state index < -0.39 is 11.7 Å². The van der Waals surface area contributed by atoms with E-state index in [1.807, 2.05) is 24.3 Å². The molecule has 0 saturated carbocycles. The van der Waals surface area contributed by atoms with Crippen molar-refractivity contribution in [2.24, 2.45) is 0 Å². The van der Waals surface area contributed by atoms with Gasteiger partial charge in [-0.15, -0.1) is 11.3 Å². The number of fused-ring (bicyclic) bond motifs is 1. The lowest BCUT2D eigenvalue weighted by Gasteiger charge is -2.11. The van der Waals surface area contributed by atoms with E-state index in [9.17, 15) is 9.90 Å². The fourth-order valence-electron chi connectivity index (χ4n) is 2.36. The van der Waals surface area contributed by atoms with Crippen molar-refractivity contribution in [3.63, 3.8) is 0 Å². The van der Waals surface area contributed by atoms with Gasteiger partial charge in [-0.3, -0.25) is 0 Å². The topological polar surface area (TPSA) is 50.4 Å². The molecule has 0 amide bonds. The summed E-state index contributed by atoms with van der Waals surface area (Å²) in [5.74, 6) is 0.302. The fraction of sp³-hybridized carbons (Fsp3) is 0.118. The normalized spacial score (nSPS) is 12.5. The van der Waals surface area contributed by atoms with E-state index in [0.29, 0.717) is 11.1 Å². The summed E-state index contributed by atoms with van der Waals surface area (Å²) in [5, 5.41) is 11.3. The minimum absolute atomic E-state index is 0.302. The Bertz CT molecular complexity index is 871. The molecule has 2 aromatic heterocycles. The van der Waals surface area contributed by atoms with Crippen molar-refractivity contribution in [3.05, 3.63) is 64.0 Å². The number of hydrogen-bond acceptors (Lipinski definition) is 4. The largest absolute Gasteiger partial charge is 0.424 e. The van der Waals surface area contributed by atoms with Crippen molar-refractivity contribution < 1.29 is 9.52 Å². The van der Waals surface area contributed by atoms with Crippen LogP contribution < -0.4 is 5.63 Å². The van der Waals surface area contributed by atoms with Crippen LogP contribution in [0.25, 0.3) is 27.3 Å². The smallest absolute Gasteiger partial charge is 0.343 e. The minimum Gasteiger partial charge on any atom is -0.424 e. The highest BCUT2D eigenvalue weighted by molar-refractivity contribution is 7.16. The van der Waals surface area contributed by atoms with Crippen molar-refractivity contribution in [2.75, 3.05) is 0 Å². The molecule has 2 heterocycles. The van der Waals surface area contributed by atoms with E-state index in [-0.39, 0.29) is 0 Å². The average Bonchev–Trinajstić information content (AvgIpc) is 2.95. The zero-order valence-corrected chi connectivity index (χ0v) is 12.3. The maximum absolute atomic E-state index is 12.1. The quantitative estimate of drug-likeness (QED) is 0.787. The molecule has 0 fully saturated rings. The van der Waals surface area contributed by atoms with Gasteiger partial charge in [-0.05, 0) is 25.1 Å². The van der Waals surface area contributed by atoms with Crippen LogP contribution in [-0.4, -0.2) is 5.11 Å². The second-order valence-electron chi connectivity index (χ2n) is 4.76. The van der Waals surface area contributed by atoms with Gasteiger partial charge in [0, 0.05) is 20.7 Å². The first kappa shape index (κ1) is 13.8. The average molecular weight is 298 g/mol. The highest BCUT2D eigenvalue weighted by Crippen LogP contribution is 2.37. The molecule has 3 aromatic rings. The highest BCUT2D eigenvalue weighted by Gasteiger charge is 2.19. The van der Waals surface area contributed by atoms with Crippen LogP contribution in [0.5, 0.6) is 0 Å². The molecule has 1 N–H and O–H groups in total. The van der Waals surface area contributed by atoms with Gasteiger partial charge in [0.15, 0.2) is 0 Å². The SMILES string of the molecule is C=Cc1ccc(-c2c(C(C)O)oc(=O)c3ccccc23)s1. The monoisotopic (exact) mass is 298 g/mol. The number of thiophene rings is 1. The Hall–Kier alpha value is -2.17. The van der Waals surface area contributed by atoms with Gasteiger partial charge in [0.2, 0.25) is 0 Å². The summed E-state index contributed by atoms with van der Waals surface area (Å²) in [7, 11) is 0. The molecule has 3 nitrogen and oxygen atoms in total. The molecule has 0 aliphatic heterocycles. The second-order valence-corrected chi connectivity index (χ2v) is 5.87. The molecule has 106 valence electrons. The first-order chi connectivity index (χ1) is 10.1. The fourth-order valence-corrected chi connectivity index (χ4v) is 3.28. The number of aliphatic hydroxyl groups is 1. The van der Waals surface area contributed by atoms with Gasteiger partial charge >= 0.3 is 5.63 Å². The molecular weight excluding hydrogens is 284 g/mol. The molecule has 0 aliphatic rings. The number of benzene rings is 1. The van der Waals surface area contributed by atoms with Crippen molar-refractivity contribution in [2.45, 2.75) is 13.0 Å². The molecule has 4 heteroatoms. The molecule has 0 bridgehead atoms. The predicted molar refractivity (Wildman–Crippen MR) is 86.5 cm³/mol. The molecule has 1 aromatic carbocycles. The molecule has 0 aliphatic carbocycles. The van der Waals surface area contributed by atoms with Crippen LogP contribution in [-0.2, 0) is 0 Å². The zero-order valence-electron chi connectivity index (χ0n) is 11.5. The first-order valence-corrected chi connectivity index (χ1v) is 7.40. The van der Waals surface area contributed by atoms with Crippen molar-refractivity contribution in [3.8, 4) is 10.4 Å². The maximum atomic E-state index is 12.1. The van der Waals surface area contributed by atoms with Crippen LogP contribution in [0.2, 0.25) is 0 Å². The molecule has 1 unspecified atom stereocenters. The van der Waals surface area contributed by atoms with Crippen LogP contribution in [0.1, 0.15) is 23.7 Å². The van der Waals surface area contributed by atoms with Crippen molar-refractivity contribution >= 4 is 28.2 Å². The molecule has 0 saturated heterocycles. The predicted octanol–water partition coefficient (Wildman–Crippen LogP) is 4.22. The van der Waals surface area contributed by atoms with Crippen LogP contribution in [0.4, 0.5) is 0 Å². The Morgan fingerprint density at radius 2 is 1.95 bits per heavy atom. The van der Waals surface area contributed by atoms with E-state index in [4.69, 9.17) is 4.42 Å². The summed E-state index contributed by atoms with van der Waals surface area (Å²) in [6.45, 7) is 5.36. The van der Waals surface area contributed by atoms with Crippen molar-refractivity contribution in [1.29, 1.82) is 0 Å². The third-order valence-electron chi connectivity index (χ3n) is 3.32. The van der Waals surface area contributed by atoms with Gasteiger partial charge in [-0.25, -0.2) is 4.79 Å².